The molecular weight excluding hydrogens is 396 g/mol. The highest BCUT2D eigenvalue weighted by atomic mass is 16.7. The minimum atomic E-state index is -0.781. The number of fused-ring (bicyclic) bond motifs is 2. The SMILES string of the molecule is O=C(Nc1ccccc1)N[C@@H]1[C@H](O)[C@@H](N2CCN(c3ccccc3)CC2)[C@@H]2OC[C@@H]1O2. The van der Waals surface area contributed by atoms with Crippen molar-refractivity contribution in [3.63, 3.8) is 0 Å². The smallest absolute Gasteiger partial charge is 0.319 e. The first-order valence-electron chi connectivity index (χ1n) is 10.8. The molecule has 3 aliphatic rings. The number of aliphatic hydroxyl groups is 1. The first-order chi connectivity index (χ1) is 15.2. The third-order valence-electron chi connectivity index (χ3n) is 6.32. The van der Waals surface area contributed by atoms with Gasteiger partial charge in [-0.05, 0) is 24.3 Å². The van der Waals surface area contributed by atoms with Gasteiger partial charge in [-0.1, -0.05) is 36.4 Å². The van der Waals surface area contributed by atoms with Gasteiger partial charge >= 0.3 is 6.03 Å². The molecule has 5 atom stereocenters. The number of nitrogens with zero attached hydrogens (tertiary/aromatic N) is 2. The molecule has 2 amide bonds. The van der Waals surface area contributed by atoms with E-state index in [0.29, 0.717) is 12.3 Å². The van der Waals surface area contributed by atoms with Gasteiger partial charge in [-0.15, -0.1) is 0 Å². The van der Waals surface area contributed by atoms with Crippen LogP contribution in [0.4, 0.5) is 16.2 Å². The van der Waals surface area contributed by atoms with Crippen molar-refractivity contribution >= 4 is 17.4 Å². The van der Waals surface area contributed by atoms with Crippen molar-refractivity contribution in [2.45, 2.75) is 30.6 Å². The summed E-state index contributed by atoms with van der Waals surface area (Å²) in [7, 11) is 0. The van der Waals surface area contributed by atoms with Crippen molar-refractivity contribution < 1.29 is 19.4 Å². The standard InChI is InChI=1S/C23H28N4O4/c28-21-19(25-23(29)24-16-7-3-1-4-8-16)18-15-30-22(31-18)20(21)27-13-11-26(12-14-27)17-9-5-2-6-10-17/h1-10,18-22,28H,11-15H2,(H2,24,25,29)/t18-,19-,20+,21-,22+/m0/s1. The third kappa shape index (κ3) is 4.24. The molecule has 2 bridgehead atoms. The van der Waals surface area contributed by atoms with E-state index in [1.165, 1.54) is 5.69 Å². The summed E-state index contributed by atoms with van der Waals surface area (Å²) in [5.74, 6) is 0. The summed E-state index contributed by atoms with van der Waals surface area (Å²) < 4.78 is 11.9. The Morgan fingerprint density at radius 1 is 0.968 bits per heavy atom. The minimum Gasteiger partial charge on any atom is -0.389 e. The second-order valence-corrected chi connectivity index (χ2v) is 8.21. The first-order valence-corrected chi connectivity index (χ1v) is 10.8. The van der Waals surface area contributed by atoms with E-state index in [2.05, 4.69) is 32.6 Å². The molecule has 2 aromatic carbocycles. The number of nitrogens with one attached hydrogen (secondary N) is 2. The molecule has 3 fully saturated rings. The van der Waals surface area contributed by atoms with Gasteiger partial charge in [0.1, 0.15) is 6.10 Å². The number of benzene rings is 2. The Morgan fingerprint density at radius 2 is 1.65 bits per heavy atom. The Kier molecular flexibility index (Phi) is 5.78. The largest absolute Gasteiger partial charge is 0.389 e. The fourth-order valence-corrected chi connectivity index (χ4v) is 4.72. The molecule has 8 heteroatoms. The average molecular weight is 425 g/mol. The number of amides is 2. The molecule has 0 aliphatic carbocycles. The maximum absolute atomic E-state index is 12.5. The van der Waals surface area contributed by atoms with E-state index >= 15 is 0 Å². The fourth-order valence-electron chi connectivity index (χ4n) is 4.72. The van der Waals surface area contributed by atoms with E-state index in [-0.39, 0.29) is 18.2 Å². The van der Waals surface area contributed by atoms with Gasteiger partial charge in [-0.3, -0.25) is 4.90 Å². The maximum atomic E-state index is 12.5. The Bertz CT molecular complexity index is 876. The van der Waals surface area contributed by atoms with Gasteiger partial charge in [0.25, 0.3) is 0 Å². The third-order valence-corrected chi connectivity index (χ3v) is 6.32. The van der Waals surface area contributed by atoms with E-state index in [0.717, 1.165) is 26.2 Å². The summed E-state index contributed by atoms with van der Waals surface area (Å²) in [6.45, 7) is 3.64. The molecule has 0 saturated carbocycles. The lowest BCUT2D eigenvalue weighted by atomic mass is 9.94. The number of hydrogen-bond acceptors (Lipinski definition) is 6. The molecule has 0 unspecified atom stereocenters. The molecule has 3 saturated heterocycles. The van der Waals surface area contributed by atoms with Crippen LogP contribution in [0.5, 0.6) is 0 Å². The lowest BCUT2D eigenvalue weighted by molar-refractivity contribution is -0.181. The number of rotatable bonds is 4. The molecule has 3 N–H and O–H groups in total. The Balaban J connectivity index is 1.23. The molecule has 31 heavy (non-hydrogen) atoms. The van der Waals surface area contributed by atoms with Gasteiger partial charge in [0, 0.05) is 37.6 Å². The summed E-state index contributed by atoms with van der Waals surface area (Å²) in [6, 6.07) is 18.3. The number of para-hydroxylation sites is 2. The maximum Gasteiger partial charge on any atom is 0.319 e. The zero-order chi connectivity index (χ0) is 21.2. The van der Waals surface area contributed by atoms with Gasteiger partial charge in [0.2, 0.25) is 0 Å². The molecule has 0 spiro atoms. The number of ether oxygens (including phenoxy) is 2. The number of carbonyl (C=O) groups excluding carboxylic acids is 1. The van der Waals surface area contributed by atoms with E-state index in [1.54, 1.807) is 0 Å². The van der Waals surface area contributed by atoms with Crippen molar-refractivity contribution in [1.29, 1.82) is 0 Å². The molecule has 3 heterocycles. The molecular formula is C23H28N4O4. The summed E-state index contributed by atoms with van der Waals surface area (Å²) >= 11 is 0. The van der Waals surface area contributed by atoms with Crippen LogP contribution in [0.25, 0.3) is 0 Å². The predicted octanol–water partition coefficient (Wildman–Crippen LogP) is 1.48. The van der Waals surface area contributed by atoms with Crippen LogP contribution in [0.1, 0.15) is 0 Å². The zero-order valence-corrected chi connectivity index (χ0v) is 17.3. The van der Waals surface area contributed by atoms with Crippen molar-refractivity contribution in [2.75, 3.05) is 43.0 Å². The normalized spacial score (nSPS) is 30.7. The van der Waals surface area contributed by atoms with Crippen molar-refractivity contribution in [3.8, 4) is 0 Å². The first kappa shape index (κ1) is 20.3. The van der Waals surface area contributed by atoms with E-state index in [9.17, 15) is 9.90 Å². The molecule has 0 radical (unpaired) electrons. The minimum absolute atomic E-state index is 0.321. The van der Waals surface area contributed by atoms with E-state index in [4.69, 9.17) is 9.47 Å². The lowest BCUT2D eigenvalue weighted by Gasteiger charge is -2.47. The average Bonchev–Trinajstić information content (AvgIpc) is 3.24. The van der Waals surface area contributed by atoms with Crippen LogP contribution in [0, 0.1) is 0 Å². The Hall–Kier alpha value is -2.65. The number of piperazine rings is 1. The molecule has 5 rings (SSSR count). The highest BCUT2D eigenvalue weighted by molar-refractivity contribution is 5.89. The van der Waals surface area contributed by atoms with Crippen LogP contribution >= 0.6 is 0 Å². The highest BCUT2D eigenvalue weighted by Crippen LogP contribution is 2.32. The van der Waals surface area contributed by atoms with Gasteiger partial charge in [0.15, 0.2) is 6.29 Å². The molecule has 164 valence electrons. The second-order valence-electron chi connectivity index (χ2n) is 8.21. The van der Waals surface area contributed by atoms with Crippen LogP contribution in [-0.2, 0) is 9.47 Å². The second kappa shape index (κ2) is 8.84. The quantitative estimate of drug-likeness (QED) is 0.690. The number of aliphatic hydroxyl groups excluding tert-OH is 1. The Morgan fingerprint density at radius 3 is 2.35 bits per heavy atom. The predicted molar refractivity (Wildman–Crippen MR) is 117 cm³/mol. The van der Waals surface area contributed by atoms with Gasteiger partial charge in [-0.25, -0.2) is 4.79 Å². The molecule has 8 nitrogen and oxygen atoms in total. The summed E-state index contributed by atoms with van der Waals surface area (Å²) in [5, 5.41) is 16.9. The molecule has 3 aliphatic heterocycles. The van der Waals surface area contributed by atoms with E-state index in [1.807, 2.05) is 48.5 Å². The topological polar surface area (TPSA) is 86.3 Å². The summed E-state index contributed by atoms with van der Waals surface area (Å²) in [4.78, 5) is 17.1. The summed E-state index contributed by atoms with van der Waals surface area (Å²) in [6.07, 6.45) is -1.61. The van der Waals surface area contributed by atoms with E-state index < -0.39 is 18.4 Å². The number of anilines is 2. The van der Waals surface area contributed by atoms with Crippen molar-refractivity contribution in [3.05, 3.63) is 60.7 Å². The molecule has 2 aromatic rings. The fraction of sp³-hybridized carbons (Fsp3) is 0.435. The van der Waals surface area contributed by atoms with Gasteiger partial charge in [-0.2, -0.15) is 0 Å². The van der Waals surface area contributed by atoms with Gasteiger partial charge < -0.3 is 30.1 Å². The number of carbonyl (C=O) groups is 1. The number of hydrogen-bond donors (Lipinski definition) is 3. The van der Waals surface area contributed by atoms with Crippen LogP contribution in [-0.4, -0.2) is 79.4 Å². The number of urea groups is 1. The van der Waals surface area contributed by atoms with Gasteiger partial charge in [0.05, 0.1) is 24.8 Å². The Labute approximate surface area is 181 Å². The van der Waals surface area contributed by atoms with Crippen molar-refractivity contribution in [1.82, 2.24) is 10.2 Å². The van der Waals surface area contributed by atoms with Crippen LogP contribution in [0.2, 0.25) is 0 Å². The lowest BCUT2D eigenvalue weighted by Crippen LogP contribution is -2.67. The van der Waals surface area contributed by atoms with Crippen LogP contribution in [0.15, 0.2) is 60.7 Å². The monoisotopic (exact) mass is 424 g/mol. The van der Waals surface area contributed by atoms with Crippen LogP contribution < -0.4 is 15.5 Å². The highest BCUT2D eigenvalue weighted by Gasteiger charge is 2.52. The molecule has 0 aromatic heterocycles. The van der Waals surface area contributed by atoms with Crippen LogP contribution in [0.3, 0.4) is 0 Å². The zero-order valence-electron chi connectivity index (χ0n) is 17.3. The summed E-state index contributed by atoms with van der Waals surface area (Å²) in [5.41, 5.74) is 1.90. The van der Waals surface area contributed by atoms with Crippen molar-refractivity contribution in [2.24, 2.45) is 0 Å².